The number of carboxylic acid groups (broad SMARTS) is 1. The summed E-state index contributed by atoms with van der Waals surface area (Å²) in [6, 6.07) is 4.85. The third-order valence-corrected chi connectivity index (χ3v) is 3.12. The fourth-order valence-corrected chi connectivity index (χ4v) is 1.75. The van der Waals surface area contributed by atoms with Gasteiger partial charge in [0, 0.05) is 5.69 Å². The highest BCUT2D eigenvalue weighted by Gasteiger charge is 2.41. The smallest absolute Gasteiger partial charge is 0.336 e. The zero-order chi connectivity index (χ0) is 13.3. The van der Waals surface area contributed by atoms with Crippen molar-refractivity contribution in [3.8, 4) is 0 Å². The Labute approximate surface area is 105 Å². The predicted molar refractivity (Wildman–Crippen MR) is 65.7 cm³/mol. The molecule has 2 N–H and O–H groups in total. The quantitative estimate of drug-likeness (QED) is 0.854. The second-order valence-electron chi connectivity index (χ2n) is 4.84. The molecule has 18 heavy (non-hydrogen) atoms. The molecule has 0 atom stereocenters. The highest BCUT2D eigenvalue weighted by Crippen LogP contribution is 2.28. The highest BCUT2D eigenvalue weighted by molar-refractivity contribution is 5.97. The number of hydrogen-bond donors (Lipinski definition) is 2. The summed E-state index contributed by atoms with van der Waals surface area (Å²) in [5, 5.41) is 11.7. The summed E-state index contributed by atoms with van der Waals surface area (Å²) in [6.45, 7) is 4.33. The molecular formula is C13H15NO4. The van der Waals surface area contributed by atoms with Crippen LogP contribution in [0.2, 0.25) is 0 Å². The van der Waals surface area contributed by atoms with E-state index in [9.17, 15) is 9.59 Å². The summed E-state index contributed by atoms with van der Waals surface area (Å²) < 4.78 is 5.02. The molecule has 0 aromatic heterocycles. The molecule has 0 aliphatic carbocycles. The normalized spacial score (nSPS) is 16.8. The summed E-state index contributed by atoms with van der Waals surface area (Å²) in [6.07, 6.45) is 0. The van der Waals surface area contributed by atoms with E-state index in [1.165, 1.54) is 6.07 Å². The predicted octanol–water partition coefficient (Wildman–Crippen LogP) is 1.67. The van der Waals surface area contributed by atoms with Crippen LogP contribution in [0.1, 0.15) is 22.8 Å². The minimum atomic E-state index is -0.998. The van der Waals surface area contributed by atoms with Crippen molar-refractivity contribution in [3.63, 3.8) is 0 Å². The standard InChI is InChI=1S/C13H15NO4/c1-8-3-4-9(5-10(8)11(15)16)14-12(17)13(2)6-18-7-13/h3-5H,6-7H2,1-2H3,(H,14,17)(H,15,16). The summed E-state index contributed by atoms with van der Waals surface area (Å²) in [5.41, 5.74) is 0.853. The van der Waals surface area contributed by atoms with Crippen LogP contribution in [-0.2, 0) is 9.53 Å². The molecular weight excluding hydrogens is 234 g/mol. The van der Waals surface area contributed by atoms with Gasteiger partial charge in [0.2, 0.25) is 5.91 Å². The van der Waals surface area contributed by atoms with Crippen LogP contribution < -0.4 is 5.32 Å². The average Bonchev–Trinajstić information content (AvgIpc) is 2.28. The van der Waals surface area contributed by atoms with E-state index in [4.69, 9.17) is 9.84 Å². The van der Waals surface area contributed by atoms with E-state index in [0.29, 0.717) is 24.5 Å². The SMILES string of the molecule is Cc1ccc(NC(=O)C2(C)COC2)cc1C(=O)O. The number of rotatable bonds is 3. The van der Waals surface area contributed by atoms with Crippen LogP contribution in [-0.4, -0.2) is 30.2 Å². The van der Waals surface area contributed by atoms with Gasteiger partial charge in [-0.2, -0.15) is 0 Å². The van der Waals surface area contributed by atoms with Crippen LogP contribution in [0.3, 0.4) is 0 Å². The lowest BCUT2D eigenvalue weighted by atomic mass is 9.87. The van der Waals surface area contributed by atoms with Gasteiger partial charge in [0.15, 0.2) is 0 Å². The minimum Gasteiger partial charge on any atom is -0.478 e. The van der Waals surface area contributed by atoms with E-state index >= 15 is 0 Å². The van der Waals surface area contributed by atoms with E-state index in [2.05, 4.69) is 5.32 Å². The number of carboxylic acids is 1. The van der Waals surface area contributed by atoms with Crippen LogP contribution in [0.4, 0.5) is 5.69 Å². The number of anilines is 1. The summed E-state index contributed by atoms with van der Waals surface area (Å²) >= 11 is 0. The van der Waals surface area contributed by atoms with Gasteiger partial charge in [-0.1, -0.05) is 6.07 Å². The van der Waals surface area contributed by atoms with Crippen molar-refractivity contribution in [2.75, 3.05) is 18.5 Å². The van der Waals surface area contributed by atoms with Crippen molar-refractivity contribution in [1.82, 2.24) is 0 Å². The van der Waals surface area contributed by atoms with E-state index < -0.39 is 11.4 Å². The van der Waals surface area contributed by atoms with Crippen molar-refractivity contribution < 1.29 is 19.4 Å². The lowest BCUT2D eigenvalue weighted by Crippen LogP contribution is -2.49. The first kappa shape index (κ1) is 12.6. The number of hydrogen-bond acceptors (Lipinski definition) is 3. The fourth-order valence-electron chi connectivity index (χ4n) is 1.75. The van der Waals surface area contributed by atoms with E-state index in [0.717, 1.165) is 0 Å². The zero-order valence-corrected chi connectivity index (χ0v) is 10.3. The van der Waals surface area contributed by atoms with Crippen LogP contribution in [0.15, 0.2) is 18.2 Å². The molecule has 1 amide bonds. The van der Waals surface area contributed by atoms with E-state index in [1.54, 1.807) is 19.1 Å². The van der Waals surface area contributed by atoms with E-state index in [1.807, 2.05) is 6.92 Å². The Kier molecular flexibility index (Phi) is 3.09. The lowest BCUT2D eigenvalue weighted by Gasteiger charge is -2.36. The number of nitrogens with one attached hydrogen (secondary N) is 1. The highest BCUT2D eigenvalue weighted by atomic mass is 16.5. The first-order valence-electron chi connectivity index (χ1n) is 5.65. The first-order chi connectivity index (χ1) is 8.42. The molecule has 0 saturated carbocycles. The molecule has 1 aromatic carbocycles. The number of carbonyl (C=O) groups is 2. The molecule has 2 rings (SSSR count). The molecule has 0 bridgehead atoms. The number of amides is 1. The molecule has 0 spiro atoms. The number of carbonyl (C=O) groups excluding carboxylic acids is 1. The number of ether oxygens (including phenoxy) is 1. The van der Waals surface area contributed by atoms with Gasteiger partial charge < -0.3 is 15.2 Å². The van der Waals surface area contributed by atoms with Crippen LogP contribution >= 0.6 is 0 Å². The van der Waals surface area contributed by atoms with Gasteiger partial charge >= 0.3 is 5.97 Å². The molecule has 1 fully saturated rings. The van der Waals surface area contributed by atoms with Crippen molar-refractivity contribution in [2.45, 2.75) is 13.8 Å². The molecule has 96 valence electrons. The average molecular weight is 249 g/mol. The van der Waals surface area contributed by atoms with Gasteiger partial charge in [0.1, 0.15) is 0 Å². The molecule has 5 heteroatoms. The van der Waals surface area contributed by atoms with Gasteiger partial charge in [-0.05, 0) is 31.5 Å². The Morgan fingerprint density at radius 2 is 2.06 bits per heavy atom. The topological polar surface area (TPSA) is 75.6 Å². The van der Waals surface area contributed by atoms with Crippen molar-refractivity contribution in [1.29, 1.82) is 0 Å². The lowest BCUT2D eigenvalue weighted by molar-refractivity contribution is -0.151. The van der Waals surface area contributed by atoms with Gasteiger partial charge in [-0.25, -0.2) is 4.79 Å². The Hall–Kier alpha value is -1.88. The van der Waals surface area contributed by atoms with Gasteiger partial charge in [0.05, 0.1) is 24.2 Å². The second-order valence-corrected chi connectivity index (χ2v) is 4.84. The summed E-state index contributed by atoms with van der Waals surface area (Å²) in [4.78, 5) is 22.9. The Balaban J connectivity index is 2.17. The van der Waals surface area contributed by atoms with E-state index in [-0.39, 0.29) is 11.5 Å². The summed E-state index contributed by atoms with van der Waals surface area (Å²) in [5.74, 6) is -1.14. The van der Waals surface area contributed by atoms with Crippen molar-refractivity contribution >= 4 is 17.6 Å². The number of benzene rings is 1. The summed E-state index contributed by atoms with van der Waals surface area (Å²) in [7, 11) is 0. The second kappa shape index (κ2) is 4.42. The zero-order valence-electron chi connectivity index (χ0n) is 10.3. The minimum absolute atomic E-state index is 0.144. The van der Waals surface area contributed by atoms with Gasteiger partial charge in [-0.3, -0.25) is 4.79 Å². The Bertz CT molecular complexity index is 506. The Morgan fingerprint density at radius 1 is 1.39 bits per heavy atom. The van der Waals surface area contributed by atoms with Crippen LogP contribution in [0.25, 0.3) is 0 Å². The fraction of sp³-hybridized carbons (Fsp3) is 0.385. The molecule has 1 heterocycles. The number of aromatic carboxylic acids is 1. The Morgan fingerprint density at radius 3 is 2.56 bits per heavy atom. The first-order valence-corrected chi connectivity index (χ1v) is 5.65. The largest absolute Gasteiger partial charge is 0.478 e. The molecule has 1 aromatic rings. The van der Waals surface area contributed by atoms with Gasteiger partial charge in [0.25, 0.3) is 0 Å². The maximum Gasteiger partial charge on any atom is 0.336 e. The number of aryl methyl sites for hydroxylation is 1. The van der Waals surface area contributed by atoms with Crippen molar-refractivity contribution in [3.05, 3.63) is 29.3 Å². The monoisotopic (exact) mass is 249 g/mol. The molecule has 1 saturated heterocycles. The molecule has 1 aliphatic heterocycles. The third kappa shape index (κ3) is 2.22. The molecule has 5 nitrogen and oxygen atoms in total. The maximum absolute atomic E-state index is 11.9. The van der Waals surface area contributed by atoms with Gasteiger partial charge in [-0.15, -0.1) is 0 Å². The molecule has 1 aliphatic rings. The molecule has 0 unspecified atom stereocenters. The van der Waals surface area contributed by atoms with Crippen LogP contribution in [0.5, 0.6) is 0 Å². The molecule has 0 radical (unpaired) electrons. The third-order valence-electron chi connectivity index (χ3n) is 3.12. The van der Waals surface area contributed by atoms with Crippen LogP contribution in [0, 0.1) is 12.3 Å². The van der Waals surface area contributed by atoms with Crippen molar-refractivity contribution in [2.24, 2.45) is 5.41 Å². The maximum atomic E-state index is 11.9.